The van der Waals surface area contributed by atoms with Crippen LogP contribution in [0, 0.1) is 5.92 Å². The van der Waals surface area contributed by atoms with Crippen LogP contribution in [0.2, 0.25) is 0 Å². The molecule has 2 aromatic carbocycles. The molecule has 2 aromatic rings. The number of aliphatic carboxylic acids is 1. The quantitative estimate of drug-likeness (QED) is 0.417. The molecule has 0 radical (unpaired) electrons. The minimum Gasteiger partial charge on any atom is -0.493 e. The Kier molecular flexibility index (Phi) is 10.0. The highest BCUT2D eigenvalue weighted by Crippen LogP contribution is 2.31. The average Bonchev–Trinajstić information content (AvgIpc) is 3.59. The smallest absolute Gasteiger partial charge is 0.322 e. The number of fused-ring (bicyclic) bond motifs is 2. The van der Waals surface area contributed by atoms with Gasteiger partial charge in [0.2, 0.25) is 11.8 Å². The zero-order valence-corrected chi connectivity index (χ0v) is 28.2. The zero-order valence-electron chi connectivity index (χ0n) is 28.2. The number of carboxylic acid groups (broad SMARTS) is 1. The molecule has 0 bridgehead atoms. The number of carboxylic acids is 1. The van der Waals surface area contributed by atoms with Crippen LogP contribution in [0.1, 0.15) is 48.8 Å². The van der Waals surface area contributed by atoms with E-state index in [-0.39, 0.29) is 36.9 Å². The number of ether oxygens (including phenoxy) is 1. The van der Waals surface area contributed by atoms with Crippen LogP contribution in [0.15, 0.2) is 42.5 Å². The molecule has 0 spiro atoms. The number of rotatable bonds is 9. The van der Waals surface area contributed by atoms with E-state index in [1.54, 1.807) is 0 Å². The van der Waals surface area contributed by atoms with Crippen molar-refractivity contribution in [3.8, 4) is 5.75 Å². The van der Waals surface area contributed by atoms with Gasteiger partial charge in [0.1, 0.15) is 5.75 Å². The second kappa shape index (κ2) is 14.8. The number of piperazine rings is 1. The maximum atomic E-state index is 14.2. The van der Waals surface area contributed by atoms with E-state index < -0.39 is 11.9 Å². The molecular weight excluding hydrogens is 624 g/mol. The van der Waals surface area contributed by atoms with Crippen LogP contribution in [0.5, 0.6) is 5.75 Å². The molecule has 7 rings (SSSR count). The molecule has 2 N–H and O–H groups in total. The summed E-state index contributed by atoms with van der Waals surface area (Å²) in [7, 11) is 0. The van der Waals surface area contributed by atoms with Gasteiger partial charge in [-0.1, -0.05) is 30.3 Å². The van der Waals surface area contributed by atoms with Gasteiger partial charge in [0, 0.05) is 89.5 Å². The first-order chi connectivity index (χ1) is 23.8. The van der Waals surface area contributed by atoms with Crippen molar-refractivity contribution in [3.63, 3.8) is 0 Å². The minimum atomic E-state index is -0.788. The Bertz CT molecular complexity index is 1540. The molecular formula is C37H48N6O6. The number of amides is 4. The van der Waals surface area contributed by atoms with Gasteiger partial charge in [-0.3, -0.25) is 24.2 Å². The maximum absolute atomic E-state index is 14.2. The van der Waals surface area contributed by atoms with Gasteiger partial charge < -0.3 is 29.9 Å². The Balaban J connectivity index is 0.962. The summed E-state index contributed by atoms with van der Waals surface area (Å²) in [6, 6.07) is 14.4. The standard InChI is InChI=1S/C37H48N6O6/c44-34(41-12-9-31(10-13-41)43-24-28-3-1-2-4-32(28)38-37(43)48)23-29(22-26-5-6-33-27(21-26)11-20-49-33)36(47)42-14-7-30(8-15-42)40-18-16-39(17-19-40)25-35(45)46/h1-6,21,29-31H,7-20,22-25H2,(H,38,48)(H,45,46). The lowest BCUT2D eigenvalue weighted by molar-refractivity contribution is -0.143. The fourth-order valence-electron chi connectivity index (χ4n) is 8.37. The highest BCUT2D eigenvalue weighted by atomic mass is 16.5. The van der Waals surface area contributed by atoms with Crippen molar-refractivity contribution in [2.75, 3.05) is 70.8 Å². The highest BCUT2D eigenvalue weighted by molar-refractivity contribution is 5.92. The highest BCUT2D eigenvalue weighted by Gasteiger charge is 2.36. The molecule has 3 saturated heterocycles. The molecule has 12 heteroatoms. The topological polar surface area (TPSA) is 126 Å². The predicted octanol–water partition coefficient (Wildman–Crippen LogP) is 2.90. The summed E-state index contributed by atoms with van der Waals surface area (Å²) in [5, 5.41) is 12.1. The van der Waals surface area contributed by atoms with Crippen molar-refractivity contribution in [2.45, 2.75) is 63.6 Å². The van der Waals surface area contributed by atoms with Crippen molar-refractivity contribution in [3.05, 3.63) is 59.2 Å². The monoisotopic (exact) mass is 672 g/mol. The van der Waals surface area contributed by atoms with Crippen LogP contribution in [0.4, 0.5) is 10.5 Å². The fourth-order valence-corrected chi connectivity index (χ4v) is 8.37. The van der Waals surface area contributed by atoms with Crippen molar-refractivity contribution in [1.29, 1.82) is 0 Å². The fraction of sp³-hybridized carbons (Fsp3) is 0.568. The van der Waals surface area contributed by atoms with Crippen LogP contribution in [-0.2, 0) is 33.8 Å². The van der Waals surface area contributed by atoms with Gasteiger partial charge in [0.25, 0.3) is 0 Å². The van der Waals surface area contributed by atoms with E-state index in [0.29, 0.717) is 64.6 Å². The number of anilines is 1. The predicted molar refractivity (Wildman–Crippen MR) is 183 cm³/mol. The van der Waals surface area contributed by atoms with E-state index in [1.165, 1.54) is 0 Å². The van der Waals surface area contributed by atoms with Crippen LogP contribution >= 0.6 is 0 Å². The molecule has 4 amide bonds. The van der Waals surface area contributed by atoms with Crippen LogP contribution < -0.4 is 10.1 Å². The third-order valence-corrected chi connectivity index (χ3v) is 11.2. The van der Waals surface area contributed by atoms with Gasteiger partial charge in [-0.15, -0.1) is 0 Å². The number of hydrogen-bond acceptors (Lipinski definition) is 7. The lowest BCUT2D eigenvalue weighted by atomic mass is 9.91. The first-order valence-electron chi connectivity index (χ1n) is 18.0. The van der Waals surface area contributed by atoms with E-state index >= 15 is 0 Å². The van der Waals surface area contributed by atoms with Crippen molar-refractivity contribution in [1.82, 2.24) is 24.5 Å². The number of para-hydroxylation sites is 1. The van der Waals surface area contributed by atoms with E-state index in [1.807, 2.05) is 56.0 Å². The number of benzene rings is 2. The molecule has 0 aromatic heterocycles. The second-order valence-electron chi connectivity index (χ2n) is 14.2. The molecule has 3 fully saturated rings. The third kappa shape index (κ3) is 7.70. The van der Waals surface area contributed by atoms with Gasteiger partial charge in [-0.05, 0) is 60.9 Å². The van der Waals surface area contributed by atoms with Gasteiger partial charge in [-0.2, -0.15) is 0 Å². The largest absolute Gasteiger partial charge is 0.493 e. The molecule has 5 heterocycles. The summed E-state index contributed by atoms with van der Waals surface area (Å²) in [6.45, 7) is 6.97. The molecule has 0 saturated carbocycles. The summed E-state index contributed by atoms with van der Waals surface area (Å²) in [5.74, 6) is -0.283. The van der Waals surface area contributed by atoms with Crippen LogP contribution in [-0.4, -0.2) is 131 Å². The lowest BCUT2D eigenvalue weighted by Crippen LogP contribution is -2.55. The Morgan fingerprint density at radius 2 is 1.57 bits per heavy atom. The number of hydrogen-bond donors (Lipinski definition) is 2. The van der Waals surface area contributed by atoms with E-state index in [0.717, 1.165) is 73.6 Å². The van der Waals surface area contributed by atoms with E-state index in [2.05, 4.69) is 16.3 Å². The summed E-state index contributed by atoms with van der Waals surface area (Å²) < 4.78 is 5.71. The van der Waals surface area contributed by atoms with E-state index in [9.17, 15) is 19.2 Å². The van der Waals surface area contributed by atoms with Gasteiger partial charge in [0.05, 0.1) is 19.1 Å². The average molecular weight is 673 g/mol. The second-order valence-corrected chi connectivity index (χ2v) is 14.2. The van der Waals surface area contributed by atoms with Gasteiger partial charge in [0.15, 0.2) is 0 Å². The van der Waals surface area contributed by atoms with Crippen LogP contribution in [0.3, 0.4) is 0 Å². The van der Waals surface area contributed by atoms with E-state index in [4.69, 9.17) is 9.84 Å². The van der Waals surface area contributed by atoms with Crippen LogP contribution in [0.25, 0.3) is 0 Å². The normalized spacial score (nSPS) is 21.5. The molecule has 0 aliphatic carbocycles. The molecule has 12 nitrogen and oxygen atoms in total. The Morgan fingerprint density at radius 1 is 0.857 bits per heavy atom. The molecule has 49 heavy (non-hydrogen) atoms. The number of urea groups is 1. The van der Waals surface area contributed by atoms with Crippen molar-refractivity contribution < 1.29 is 29.0 Å². The minimum absolute atomic E-state index is 0.00357. The maximum Gasteiger partial charge on any atom is 0.322 e. The molecule has 5 aliphatic rings. The number of nitrogens with one attached hydrogen (secondary N) is 1. The van der Waals surface area contributed by atoms with Crippen molar-refractivity contribution >= 4 is 29.5 Å². The summed E-state index contributed by atoms with van der Waals surface area (Å²) in [6.07, 6.45) is 4.71. The zero-order chi connectivity index (χ0) is 33.9. The Morgan fingerprint density at radius 3 is 2.33 bits per heavy atom. The molecule has 262 valence electrons. The van der Waals surface area contributed by atoms with Gasteiger partial charge in [-0.25, -0.2) is 4.79 Å². The number of likely N-dealkylation sites (tertiary alicyclic amines) is 2. The lowest BCUT2D eigenvalue weighted by Gasteiger charge is -2.43. The Labute approximate surface area is 287 Å². The number of piperidine rings is 2. The van der Waals surface area contributed by atoms with Crippen molar-refractivity contribution in [2.24, 2.45) is 5.92 Å². The first-order valence-corrected chi connectivity index (χ1v) is 18.0. The first kappa shape index (κ1) is 33.3. The summed E-state index contributed by atoms with van der Waals surface area (Å²) in [4.78, 5) is 62.2. The number of nitrogens with zero attached hydrogens (tertiary/aromatic N) is 5. The molecule has 1 unspecified atom stereocenters. The van der Waals surface area contributed by atoms with Gasteiger partial charge >= 0.3 is 12.0 Å². The SMILES string of the molecule is O=C(O)CN1CCN(C2CCN(C(=O)C(CC(=O)N3CCC(N4Cc5ccccc5NC4=O)CC3)Cc3ccc4c(c3)CCO4)CC2)CC1. The summed E-state index contributed by atoms with van der Waals surface area (Å²) >= 11 is 0. The third-order valence-electron chi connectivity index (χ3n) is 11.2. The number of carbonyl (C=O) groups excluding carboxylic acids is 3. The summed E-state index contributed by atoms with van der Waals surface area (Å²) in [5.41, 5.74) is 4.18. The Hall–Kier alpha value is -4.16. The molecule has 5 aliphatic heterocycles. The molecule has 1 atom stereocenters. The number of carbonyl (C=O) groups is 4.